The number of nitrogens with one attached hydrogen (secondary N) is 1. The van der Waals surface area contributed by atoms with Crippen LogP contribution in [0.5, 0.6) is 28.7 Å². The van der Waals surface area contributed by atoms with Gasteiger partial charge in [-0.05, 0) is 97.2 Å². The Bertz CT molecular complexity index is 3390. The molecule has 7 heterocycles. The second-order valence-electron chi connectivity index (χ2n) is 21.9. The number of likely N-dealkylation sites (tertiary alicyclic amines) is 2. The third-order valence-electron chi connectivity index (χ3n) is 16.6. The lowest BCUT2D eigenvalue weighted by Gasteiger charge is -2.29. The summed E-state index contributed by atoms with van der Waals surface area (Å²) in [5.41, 5.74) is 6.57. The van der Waals surface area contributed by atoms with Gasteiger partial charge in [-0.1, -0.05) is 30.7 Å². The van der Waals surface area contributed by atoms with Gasteiger partial charge in [-0.3, -0.25) is 48.4 Å². The second-order valence-corrected chi connectivity index (χ2v) is 21.9. The number of Topliss-reactive ketones (excluding diaryl/α,β-unsaturated/α-hetero) is 1. The molecule has 2 fully saturated rings. The molecule has 4 aromatic carbocycles. The molecule has 0 aliphatic carbocycles. The number of amides is 6. The second kappa shape index (κ2) is 25.2. The van der Waals surface area contributed by atoms with E-state index < -0.39 is 6.04 Å². The molecule has 1 N–H and O–H groups in total. The minimum atomic E-state index is -0.578. The molecular weight excluding hydrogens is 1070 g/mol. The van der Waals surface area contributed by atoms with Gasteiger partial charge in [-0.2, -0.15) is 0 Å². The van der Waals surface area contributed by atoms with E-state index in [1.54, 1.807) is 63.4 Å². The van der Waals surface area contributed by atoms with E-state index in [0.29, 0.717) is 129 Å². The molecule has 0 spiro atoms. The summed E-state index contributed by atoms with van der Waals surface area (Å²) in [4.78, 5) is 110. The summed E-state index contributed by atoms with van der Waals surface area (Å²) in [6.45, 7) is 2.22. The Morgan fingerprint density at radius 3 is 1.77 bits per heavy atom. The van der Waals surface area contributed by atoms with Crippen molar-refractivity contribution in [2.24, 2.45) is 15.9 Å². The van der Waals surface area contributed by atoms with Crippen molar-refractivity contribution in [3.8, 4) is 28.7 Å². The van der Waals surface area contributed by atoms with Crippen LogP contribution in [0.2, 0.25) is 0 Å². The maximum atomic E-state index is 14.2. The number of carbonyl (C=O) groups excluding carboxylic acids is 7. The molecule has 7 aliphatic heterocycles. The molecule has 6 amide bonds. The lowest BCUT2D eigenvalue weighted by atomic mass is 9.99. The molecule has 0 aromatic heterocycles. The molecule has 7 aliphatic rings. The Morgan fingerprint density at radius 2 is 1.20 bits per heavy atom. The fraction of sp³-hybridized carbons (Fsp3) is 0.391. The normalized spacial score (nSPS) is 20.7. The molecule has 11 rings (SSSR count). The van der Waals surface area contributed by atoms with Gasteiger partial charge in [0.05, 0.1) is 75.7 Å². The van der Waals surface area contributed by atoms with E-state index in [1.807, 2.05) is 60.9 Å². The number of unbranched alkanes of at least 4 members (excludes halogenated alkanes) is 2. The van der Waals surface area contributed by atoms with Crippen molar-refractivity contribution >= 4 is 81.9 Å². The summed E-state index contributed by atoms with van der Waals surface area (Å²) < 4.78 is 29.1. The van der Waals surface area contributed by atoms with Crippen LogP contribution in [0.3, 0.4) is 0 Å². The Balaban J connectivity index is 0.636. The van der Waals surface area contributed by atoms with Crippen LogP contribution in [-0.2, 0) is 24.0 Å². The zero-order valence-corrected chi connectivity index (χ0v) is 47.5. The minimum absolute atomic E-state index is 0.00678. The summed E-state index contributed by atoms with van der Waals surface area (Å²) in [5.74, 6) is 0.867. The predicted octanol–water partition coefficient (Wildman–Crippen LogP) is 8.20. The first-order chi connectivity index (χ1) is 40.9. The van der Waals surface area contributed by atoms with Crippen LogP contribution in [0, 0.1) is 5.92 Å². The molecule has 4 aromatic rings. The summed E-state index contributed by atoms with van der Waals surface area (Å²) in [7, 11) is 4.68. The van der Waals surface area contributed by atoms with E-state index in [9.17, 15) is 33.6 Å². The van der Waals surface area contributed by atoms with Gasteiger partial charge in [0.25, 0.3) is 23.6 Å². The van der Waals surface area contributed by atoms with E-state index in [-0.39, 0.29) is 85.4 Å². The van der Waals surface area contributed by atoms with E-state index >= 15 is 0 Å². The van der Waals surface area contributed by atoms with Crippen LogP contribution < -0.4 is 29.0 Å². The quantitative estimate of drug-likeness (QED) is 0.0615. The number of benzene rings is 4. The maximum Gasteiger partial charge on any atom is 0.260 e. The smallest absolute Gasteiger partial charge is 0.260 e. The van der Waals surface area contributed by atoms with E-state index in [4.69, 9.17) is 33.7 Å². The van der Waals surface area contributed by atoms with E-state index in [2.05, 4.69) is 5.32 Å². The highest BCUT2D eigenvalue weighted by atomic mass is 16.5. The Kier molecular flexibility index (Phi) is 17.0. The molecule has 0 saturated carbocycles. The Hall–Kier alpha value is -9.07. The molecular formula is C64H68N8O12. The van der Waals surface area contributed by atoms with Crippen LogP contribution in [-0.4, -0.2) is 164 Å². The van der Waals surface area contributed by atoms with Crippen molar-refractivity contribution in [1.82, 2.24) is 24.5 Å². The average Bonchev–Trinajstić information content (AvgIpc) is 2.81. The number of carbonyl (C=O) groups is 7. The molecule has 0 bridgehead atoms. The van der Waals surface area contributed by atoms with Gasteiger partial charge >= 0.3 is 0 Å². The molecule has 20 heteroatoms. The van der Waals surface area contributed by atoms with Crippen molar-refractivity contribution < 1.29 is 57.2 Å². The van der Waals surface area contributed by atoms with Gasteiger partial charge in [0.2, 0.25) is 11.8 Å². The zero-order valence-electron chi connectivity index (χ0n) is 47.5. The van der Waals surface area contributed by atoms with Crippen molar-refractivity contribution in [1.29, 1.82) is 0 Å². The van der Waals surface area contributed by atoms with Gasteiger partial charge in [-0.25, -0.2) is 0 Å². The van der Waals surface area contributed by atoms with Crippen LogP contribution in [0.15, 0.2) is 107 Å². The first kappa shape index (κ1) is 56.8. The topological polar surface area (TPSA) is 219 Å². The van der Waals surface area contributed by atoms with Crippen molar-refractivity contribution in [2.45, 2.75) is 88.8 Å². The number of imide groups is 1. The summed E-state index contributed by atoms with van der Waals surface area (Å²) in [5, 5.41) is 3.43. The number of anilines is 1. The molecule has 436 valence electrons. The zero-order chi connectivity index (χ0) is 58.4. The first-order valence-electron chi connectivity index (χ1n) is 28.9. The van der Waals surface area contributed by atoms with Crippen molar-refractivity contribution in [3.63, 3.8) is 0 Å². The fourth-order valence-corrected chi connectivity index (χ4v) is 12.0. The van der Waals surface area contributed by atoms with Gasteiger partial charge < -0.3 is 48.6 Å². The van der Waals surface area contributed by atoms with Crippen molar-refractivity contribution in [3.05, 3.63) is 120 Å². The SMILES string of the molecule is COc1ccc(C2=CN3C(=O)c4cc(OC)c(OCCCOc5cc6c(cc5OC)C(=O)N5C=C(c7ccc(NCC8CCCN(C(=O)C9CCCN9C(=O)CCCCCN9C(=O)C=CC9=O)CC8=O)cc7)C[C@H]5C=N6)cc4N=C[C@@H]3C2)cc1. The van der Waals surface area contributed by atoms with Crippen LogP contribution in [0.1, 0.15) is 102 Å². The number of fused-ring (bicyclic) bond motifs is 4. The van der Waals surface area contributed by atoms with Crippen LogP contribution in [0.4, 0.5) is 17.1 Å². The van der Waals surface area contributed by atoms with Crippen molar-refractivity contribution in [2.75, 3.05) is 72.6 Å². The number of hydrogen-bond acceptors (Lipinski definition) is 15. The third kappa shape index (κ3) is 12.1. The predicted molar refractivity (Wildman–Crippen MR) is 314 cm³/mol. The van der Waals surface area contributed by atoms with Crippen LogP contribution >= 0.6 is 0 Å². The van der Waals surface area contributed by atoms with Gasteiger partial charge in [0, 0.05) is 113 Å². The minimum Gasteiger partial charge on any atom is -0.497 e. The number of aliphatic imine (C=N–C) groups is 2. The monoisotopic (exact) mass is 1140 g/mol. The lowest BCUT2D eigenvalue weighted by Crippen LogP contribution is -2.49. The number of ether oxygens (including phenoxy) is 5. The number of hydrogen-bond donors (Lipinski definition) is 1. The van der Waals surface area contributed by atoms with Crippen LogP contribution in [0.25, 0.3) is 11.1 Å². The largest absolute Gasteiger partial charge is 0.497 e. The molecule has 20 nitrogen and oxygen atoms in total. The highest BCUT2D eigenvalue weighted by Gasteiger charge is 2.39. The number of rotatable bonds is 21. The standard InChI is InChI=1S/C64H68N8O12/c1-80-48-19-15-41(16-20-48)44-29-47-36-67-52-33-58(56(82-3)31-50(52)63(78)72(47)38-44)84-27-9-26-83-57-32-51-49(30-55(57)81-2)62(77)71-37-43(28-46(71)35-66-51)40-13-17-45(18-14-40)65-34-42-10-7-23-68(39-54(42)73)64(79)53-11-8-25-69(53)59(74)12-5-4-6-24-70-60(75)21-22-61(70)76/h13-22,30-33,35-38,42,46-47,53,65H,4-12,23-29,34,39H2,1-3H3/t42?,46-,47-,53?/m0/s1. The number of nitrogens with zero attached hydrogens (tertiary/aromatic N) is 7. The van der Waals surface area contributed by atoms with E-state index in [1.165, 1.54) is 31.3 Å². The molecule has 84 heavy (non-hydrogen) atoms. The third-order valence-corrected chi connectivity index (χ3v) is 16.6. The summed E-state index contributed by atoms with van der Waals surface area (Å²) in [6, 6.07) is 21.4. The number of ketones is 1. The van der Waals surface area contributed by atoms with Gasteiger partial charge in [0.1, 0.15) is 11.8 Å². The van der Waals surface area contributed by atoms with E-state index in [0.717, 1.165) is 40.1 Å². The molecule has 4 atom stereocenters. The highest BCUT2D eigenvalue weighted by molar-refractivity contribution is 6.13. The fourth-order valence-electron chi connectivity index (χ4n) is 12.0. The summed E-state index contributed by atoms with van der Waals surface area (Å²) >= 11 is 0. The van der Waals surface area contributed by atoms with Gasteiger partial charge in [-0.15, -0.1) is 0 Å². The first-order valence-corrected chi connectivity index (χ1v) is 28.9. The average molecular weight is 1140 g/mol. The maximum absolute atomic E-state index is 14.2. The highest BCUT2D eigenvalue weighted by Crippen LogP contribution is 2.42. The Labute approximate surface area is 487 Å². The lowest BCUT2D eigenvalue weighted by molar-refractivity contribution is -0.145. The molecule has 2 unspecified atom stereocenters. The number of methoxy groups -OCH3 is 3. The van der Waals surface area contributed by atoms with Gasteiger partial charge in [0.15, 0.2) is 28.8 Å². The summed E-state index contributed by atoms with van der Waals surface area (Å²) in [6.07, 6.45) is 16.3. The molecule has 0 radical (unpaired) electrons. The Morgan fingerprint density at radius 1 is 0.631 bits per heavy atom. The molecule has 2 saturated heterocycles.